The highest BCUT2D eigenvalue weighted by Gasteiger charge is 2.42. The molecule has 0 saturated carbocycles. The second-order valence-corrected chi connectivity index (χ2v) is 8.22. The van der Waals surface area contributed by atoms with E-state index in [4.69, 9.17) is 0 Å². The molecule has 1 aliphatic rings. The van der Waals surface area contributed by atoms with Crippen molar-refractivity contribution in [3.05, 3.63) is 35.9 Å². The van der Waals surface area contributed by atoms with Crippen molar-refractivity contribution in [2.24, 2.45) is 17.8 Å². The van der Waals surface area contributed by atoms with Crippen molar-refractivity contribution in [1.82, 2.24) is 9.80 Å². The predicted molar refractivity (Wildman–Crippen MR) is 107 cm³/mol. The summed E-state index contributed by atoms with van der Waals surface area (Å²) in [7, 11) is 2.16. The quantitative estimate of drug-likeness (QED) is 0.736. The van der Waals surface area contributed by atoms with Crippen LogP contribution in [-0.2, 0) is 11.2 Å². The lowest BCUT2D eigenvalue weighted by atomic mass is 9.88. The van der Waals surface area contributed by atoms with Gasteiger partial charge in [-0.15, -0.1) is 0 Å². The van der Waals surface area contributed by atoms with Crippen LogP contribution in [-0.4, -0.2) is 60.1 Å². The molecule has 1 saturated heterocycles. The minimum Gasteiger partial charge on any atom is -0.394 e. The third kappa shape index (κ3) is 5.55. The highest BCUT2D eigenvalue weighted by molar-refractivity contribution is 5.77. The fraction of sp³-hybridized carbons (Fsp3) is 0.682. The molecule has 1 amide bonds. The van der Waals surface area contributed by atoms with Crippen LogP contribution in [0.3, 0.4) is 0 Å². The van der Waals surface area contributed by atoms with Crippen molar-refractivity contribution >= 4 is 5.91 Å². The number of likely N-dealkylation sites (tertiary alicyclic amines) is 1. The maximum absolute atomic E-state index is 12.6. The summed E-state index contributed by atoms with van der Waals surface area (Å²) in [6.45, 7) is 9.15. The molecule has 0 radical (unpaired) electrons. The molecule has 1 N–H and O–H groups in total. The smallest absolute Gasteiger partial charge is 0.223 e. The van der Waals surface area contributed by atoms with Gasteiger partial charge in [-0.25, -0.2) is 0 Å². The second-order valence-electron chi connectivity index (χ2n) is 8.22. The molecule has 26 heavy (non-hydrogen) atoms. The standard InChI is InChI=1S/C22H36N2O2/c1-5-19-14-24(22(26)13-17(2)3)21(16-25)20(19)15-23(4)12-11-18-9-7-6-8-10-18/h6-10,17,19-21,25H,5,11-16H2,1-4H3/t19-,20-,21-/m1/s1. The van der Waals surface area contributed by atoms with Crippen molar-refractivity contribution in [2.45, 2.75) is 46.1 Å². The summed E-state index contributed by atoms with van der Waals surface area (Å²) in [5, 5.41) is 10.0. The molecule has 4 heteroatoms. The topological polar surface area (TPSA) is 43.8 Å². The SMILES string of the molecule is CC[C@@H]1CN(C(=O)CC(C)C)[C@H](CO)[C@@H]1CN(C)CCc1ccccc1. The number of aliphatic hydroxyl groups excluding tert-OH is 1. The van der Waals surface area contributed by atoms with Crippen LogP contribution in [0.1, 0.15) is 39.2 Å². The number of rotatable bonds is 9. The van der Waals surface area contributed by atoms with Crippen LogP contribution in [0.2, 0.25) is 0 Å². The van der Waals surface area contributed by atoms with E-state index < -0.39 is 0 Å². The van der Waals surface area contributed by atoms with Gasteiger partial charge in [0, 0.05) is 26.1 Å². The van der Waals surface area contributed by atoms with Crippen LogP contribution in [0.5, 0.6) is 0 Å². The fourth-order valence-corrected chi connectivity index (χ4v) is 4.17. The monoisotopic (exact) mass is 360 g/mol. The van der Waals surface area contributed by atoms with E-state index in [1.54, 1.807) is 0 Å². The van der Waals surface area contributed by atoms with Crippen LogP contribution in [0.15, 0.2) is 30.3 Å². The molecule has 4 nitrogen and oxygen atoms in total. The first kappa shape index (κ1) is 20.9. The first-order valence-electron chi connectivity index (χ1n) is 10.1. The van der Waals surface area contributed by atoms with Crippen LogP contribution in [0.25, 0.3) is 0 Å². The lowest BCUT2D eigenvalue weighted by Gasteiger charge is -2.30. The zero-order valence-corrected chi connectivity index (χ0v) is 16.9. The number of carbonyl (C=O) groups excluding carboxylic acids is 1. The second kappa shape index (κ2) is 10.1. The van der Waals surface area contributed by atoms with Gasteiger partial charge in [-0.05, 0) is 36.8 Å². The zero-order chi connectivity index (χ0) is 19.1. The molecule has 1 fully saturated rings. The molecule has 146 valence electrons. The predicted octanol–water partition coefficient (Wildman–Crippen LogP) is 3.05. The number of hydrogen-bond acceptors (Lipinski definition) is 3. The van der Waals surface area contributed by atoms with E-state index >= 15 is 0 Å². The van der Waals surface area contributed by atoms with E-state index in [1.807, 2.05) is 11.0 Å². The average molecular weight is 361 g/mol. The molecule has 0 bridgehead atoms. The molecule has 1 aromatic rings. The van der Waals surface area contributed by atoms with Crippen LogP contribution < -0.4 is 0 Å². The number of carbonyl (C=O) groups is 1. The third-order valence-corrected chi connectivity index (χ3v) is 5.69. The van der Waals surface area contributed by atoms with Gasteiger partial charge < -0.3 is 14.9 Å². The zero-order valence-electron chi connectivity index (χ0n) is 16.9. The van der Waals surface area contributed by atoms with Gasteiger partial charge in [0.25, 0.3) is 0 Å². The van der Waals surface area contributed by atoms with Gasteiger partial charge in [0.2, 0.25) is 5.91 Å². The average Bonchev–Trinajstić information content (AvgIpc) is 2.97. The van der Waals surface area contributed by atoms with Crippen molar-refractivity contribution in [2.75, 3.05) is 33.3 Å². The van der Waals surface area contributed by atoms with Gasteiger partial charge in [0.1, 0.15) is 0 Å². The summed E-state index contributed by atoms with van der Waals surface area (Å²) >= 11 is 0. The molecule has 3 atom stereocenters. The fourth-order valence-electron chi connectivity index (χ4n) is 4.17. The van der Waals surface area contributed by atoms with Gasteiger partial charge in [-0.3, -0.25) is 4.79 Å². The number of hydrogen-bond donors (Lipinski definition) is 1. The lowest BCUT2D eigenvalue weighted by Crippen LogP contribution is -2.43. The molecular formula is C22H36N2O2. The van der Waals surface area contributed by atoms with Crippen LogP contribution in [0.4, 0.5) is 0 Å². The van der Waals surface area contributed by atoms with Gasteiger partial charge in [0.05, 0.1) is 12.6 Å². The summed E-state index contributed by atoms with van der Waals surface area (Å²) in [5.41, 5.74) is 1.35. The lowest BCUT2D eigenvalue weighted by molar-refractivity contribution is -0.134. The Morgan fingerprint density at radius 1 is 1.31 bits per heavy atom. The van der Waals surface area contributed by atoms with Gasteiger partial charge in [-0.1, -0.05) is 57.5 Å². The summed E-state index contributed by atoms with van der Waals surface area (Å²) in [4.78, 5) is 17.0. The minimum atomic E-state index is -0.0367. The highest BCUT2D eigenvalue weighted by atomic mass is 16.3. The molecule has 1 heterocycles. The normalized spacial score (nSPS) is 23.2. The number of aliphatic hydroxyl groups is 1. The van der Waals surface area contributed by atoms with Gasteiger partial charge in [-0.2, -0.15) is 0 Å². The Morgan fingerprint density at radius 3 is 2.58 bits per heavy atom. The van der Waals surface area contributed by atoms with Crippen molar-refractivity contribution in [3.8, 4) is 0 Å². The van der Waals surface area contributed by atoms with E-state index in [2.05, 4.69) is 57.0 Å². The largest absolute Gasteiger partial charge is 0.394 e. The summed E-state index contributed by atoms with van der Waals surface area (Å²) < 4.78 is 0. The molecule has 0 aliphatic carbocycles. The van der Waals surface area contributed by atoms with Crippen LogP contribution in [0, 0.1) is 17.8 Å². The first-order chi connectivity index (χ1) is 12.5. The van der Waals surface area contributed by atoms with E-state index in [-0.39, 0.29) is 18.6 Å². The van der Waals surface area contributed by atoms with E-state index in [0.717, 1.165) is 32.5 Å². The van der Waals surface area contributed by atoms with Gasteiger partial charge >= 0.3 is 0 Å². The molecule has 1 aromatic carbocycles. The summed E-state index contributed by atoms with van der Waals surface area (Å²) in [5.74, 6) is 1.38. The Morgan fingerprint density at radius 2 is 2.00 bits per heavy atom. The first-order valence-corrected chi connectivity index (χ1v) is 10.1. The van der Waals surface area contributed by atoms with Crippen molar-refractivity contribution in [1.29, 1.82) is 0 Å². The molecule has 0 spiro atoms. The third-order valence-electron chi connectivity index (χ3n) is 5.69. The number of nitrogens with zero attached hydrogens (tertiary/aromatic N) is 2. The van der Waals surface area contributed by atoms with E-state index in [9.17, 15) is 9.90 Å². The maximum atomic E-state index is 12.6. The van der Waals surface area contributed by atoms with Crippen LogP contribution >= 0.6 is 0 Å². The maximum Gasteiger partial charge on any atom is 0.223 e. The Labute approximate surface area is 159 Å². The van der Waals surface area contributed by atoms with E-state index in [1.165, 1.54) is 5.56 Å². The molecule has 0 aromatic heterocycles. The minimum absolute atomic E-state index is 0.0367. The van der Waals surface area contributed by atoms with E-state index in [0.29, 0.717) is 24.2 Å². The number of likely N-dealkylation sites (N-methyl/N-ethyl adjacent to an activating group) is 1. The molecule has 1 aliphatic heterocycles. The Kier molecular flexibility index (Phi) is 8.11. The van der Waals surface area contributed by atoms with Crippen molar-refractivity contribution in [3.63, 3.8) is 0 Å². The summed E-state index contributed by atoms with van der Waals surface area (Å²) in [6.07, 6.45) is 2.66. The molecule has 2 rings (SSSR count). The summed E-state index contributed by atoms with van der Waals surface area (Å²) in [6, 6.07) is 10.5. The Balaban J connectivity index is 1.97. The molecular weight excluding hydrogens is 324 g/mol. The molecule has 0 unspecified atom stereocenters. The van der Waals surface area contributed by atoms with Crippen molar-refractivity contribution < 1.29 is 9.90 Å². The highest BCUT2D eigenvalue weighted by Crippen LogP contribution is 2.33. The number of amides is 1. The Hall–Kier alpha value is -1.39. The number of benzene rings is 1. The Bertz CT molecular complexity index is 546. The van der Waals surface area contributed by atoms with Gasteiger partial charge in [0.15, 0.2) is 0 Å².